The Bertz CT molecular complexity index is 754. The lowest BCUT2D eigenvalue weighted by Gasteiger charge is -2.15. The predicted octanol–water partition coefficient (Wildman–Crippen LogP) is 3.83. The van der Waals surface area contributed by atoms with Gasteiger partial charge in [0.25, 0.3) is 5.69 Å². The van der Waals surface area contributed by atoms with Gasteiger partial charge in [-0.05, 0) is 31.2 Å². The number of nitrogens with zero attached hydrogens (tertiary/aromatic N) is 1. The molecule has 0 heterocycles. The summed E-state index contributed by atoms with van der Waals surface area (Å²) in [7, 11) is 0. The van der Waals surface area contributed by atoms with Crippen molar-refractivity contribution < 1.29 is 14.1 Å². The van der Waals surface area contributed by atoms with Gasteiger partial charge in [-0.15, -0.1) is 0 Å². The summed E-state index contributed by atoms with van der Waals surface area (Å²) in [5.74, 6) is -1.03. The van der Waals surface area contributed by atoms with Crippen molar-refractivity contribution >= 4 is 34.6 Å². The highest BCUT2D eigenvalue weighted by Gasteiger charge is 2.18. The molecule has 0 aliphatic rings. The van der Waals surface area contributed by atoms with E-state index in [4.69, 9.17) is 11.6 Å². The van der Waals surface area contributed by atoms with E-state index in [1.807, 2.05) is 0 Å². The molecule has 0 saturated heterocycles. The fourth-order valence-electron chi connectivity index (χ4n) is 1.88. The molecule has 120 valence electrons. The van der Waals surface area contributed by atoms with E-state index in [0.29, 0.717) is 5.69 Å². The number of hydrogen-bond donors (Lipinski definition) is 2. The first-order valence-corrected chi connectivity index (χ1v) is 7.02. The van der Waals surface area contributed by atoms with Crippen molar-refractivity contribution in [3.05, 3.63) is 63.4 Å². The van der Waals surface area contributed by atoms with E-state index >= 15 is 0 Å². The summed E-state index contributed by atoms with van der Waals surface area (Å²) in [6, 6.07) is 9.09. The van der Waals surface area contributed by atoms with Crippen molar-refractivity contribution in [3.63, 3.8) is 0 Å². The van der Waals surface area contributed by atoms with Crippen LogP contribution in [-0.2, 0) is 4.79 Å². The van der Waals surface area contributed by atoms with Crippen molar-refractivity contribution in [1.29, 1.82) is 0 Å². The summed E-state index contributed by atoms with van der Waals surface area (Å²) in [6.07, 6.45) is 0. The quantitative estimate of drug-likeness (QED) is 0.641. The fourth-order valence-corrected chi connectivity index (χ4v) is 2.06. The number of rotatable bonds is 5. The van der Waals surface area contributed by atoms with Gasteiger partial charge in [0, 0.05) is 11.8 Å². The lowest BCUT2D eigenvalue weighted by atomic mass is 10.2. The van der Waals surface area contributed by atoms with Crippen molar-refractivity contribution in [2.75, 3.05) is 10.6 Å². The molecule has 0 aliphatic heterocycles. The highest BCUT2D eigenvalue weighted by atomic mass is 35.5. The Morgan fingerprint density at radius 3 is 2.65 bits per heavy atom. The second kappa shape index (κ2) is 7.06. The van der Waals surface area contributed by atoms with Crippen LogP contribution in [0.2, 0.25) is 5.02 Å². The number of carbonyl (C=O) groups is 1. The zero-order chi connectivity index (χ0) is 17.0. The van der Waals surface area contributed by atoms with Crippen LogP contribution in [0.4, 0.5) is 21.5 Å². The molecule has 1 atom stereocenters. The van der Waals surface area contributed by atoms with Crippen LogP contribution >= 0.6 is 11.6 Å². The standard InChI is InChI=1S/C15H13ClFN3O3/c1-9(18-10-6-7-12(17)11(16)8-10)15(21)19-13-4-2-3-5-14(13)20(22)23/h2-9,18H,1H3,(H,19,21)/t9-/m1/s1. The van der Waals surface area contributed by atoms with Crippen LogP contribution in [0.15, 0.2) is 42.5 Å². The van der Waals surface area contributed by atoms with Crippen LogP contribution in [0.5, 0.6) is 0 Å². The first-order chi connectivity index (χ1) is 10.9. The number of anilines is 2. The van der Waals surface area contributed by atoms with Crippen LogP contribution in [0.25, 0.3) is 0 Å². The predicted molar refractivity (Wildman–Crippen MR) is 86.2 cm³/mol. The first-order valence-electron chi connectivity index (χ1n) is 6.64. The van der Waals surface area contributed by atoms with E-state index in [2.05, 4.69) is 10.6 Å². The van der Waals surface area contributed by atoms with Gasteiger partial charge < -0.3 is 10.6 Å². The smallest absolute Gasteiger partial charge is 0.292 e. The summed E-state index contributed by atoms with van der Waals surface area (Å²) in [4.78, 5) is 22.5. The average Bonchev–Trinajstić information content (AvgIpc) is 2.51. The highest BCUT2D eigenvalue weighted by molar-refractivity contribution is 6.31. The Morgan fingerprint density at radius 1 is 1.30 bits per heavy atom. The van der Waals surface area contributed by atoms with Gasteiger partial charge in [-0.1, -0.05) is 23.7 Å². The van der Waals surface area contributed by atoms with Gasteiger partial charge in [0.1, 0.15) is 17.5 Å². The van der Waals surface area contributed by atoms with E-state index < -0.39 is 22.7 Å². The number of amides is 1. The molecule has 0 aromatic heterocycles. The van der Waals surface area contributed by atoms with Crippen molar-refractivity contribution in [1.82, 2.24) is 0 Å². The van der Waals surface area contributed by atoms with Crippen LogP contribution < -0.4 is 10.6 Å². The Hall–Kier alpha value is -2.67. The normalized spacial score (nSPS) is 11.6. The van der Waals surface area contributed by atoms with Crippen LogP contribution in [0.1, 0.15) is 6.92 Å². The number of nitro groups is 1. The molecule has 0 saturated carbocycles. The van der Waals surface area contributed by atoms with E-state index in [9.17, 15) is 19.3 Å². The lowest BCUT2D eigenvalue weighted by Crippen LogP contribution is -2.32. The topological polar surface area (TPSA) is 84.3 Å². The van der Waals surface area contributed by atoms with E-state index in [1.165, 1.54) is 36.4 Å². The summed E-state index contributed by atoms with van der Waals surface area (Å²) in [5, 5.41) is 16.2. The molecule has 2 aromatic carbocycles. The van der Waals surface area contributed by atoms with E-state index in [-0.39, 0.29) is 16.4 Å². The number of hydrogen-bond acceptors (Lipinski definition) is 4. The summed E-state index contributed by atoms with van der Waals surface area (Å²) >= 11 is 5.67. The summed E-state index contributed by atoms with van der Waals surface area (Å²) in [6.45, 7) is 1.57. The van der Waals surface area contributed by atoms with E-state index in [0.717, 1.165) is 0 Å². The van der Waals surface area contributed by atoms with Gasteiger partial charge in [-0.3, -0.25) is 14.9 Å². The maximum atomic E-state index is 13.1. The van der Waals surface area contributed by atoms with Gasteiger partial charge in [0.15, 0.2) is 0 Å². The molecule has 6 nitrogen and oxygen atoms in total. The molecule has 0 aliphatic carbocycles. The maximum absolute atomic E-state index is 13.1. The van der Waals surface area contributed by atoms with Gasteiger partial charge in [0.2, 0.25) is 5.91 Å². The molecule has 0 spiro atoms. The van der Waals surface area contributed by atoms with Crippen LogP contribution in [-0.4, -0.2) is 16.9 Å². The Labute approximate surface area is 136 Å². The monoisotopic (exact) mass is 337 g/mol. The maximum Gasteiger partial charge on any atom is 0.292 e. The molecule has 1 amide bonds. The third-order valence-electron chi connectivity index (χ3n) is 3.05. The SMILES string of the molecule is C[C@@H](Nc1ccc(F)c(Cl)c1)C(=O)Nc1ccccc1[N+](=O)[O-]. The molecule has 8 heteroatoms. The molecule has 2 N–H and O–H groups in total. The molecule has 2 aromatic rings. The average molecular weight is 338 g/mol. The molecule has 0 bridgehead atoms. The Kier molecular flexibility index (Phi) is 5.13. The fraction of sp³-hybridized carbons (Fsp3) is 0.133. The zero-order valence-corrected chi connectivity index (χ0v) is 12.8. The second-order valence-corrected chi connectivity index (χ2v) is 5.17. The number of para-hydroxylation sites is 2. The molecule has 0 unspecified atom stereocenters. The second-order valence-electron chi connectivity index (χ2n) is 4.76. The van der Waals surface area contributed by atoms with Crippen LogP contribution in [0.3, 0.4) is 0 Å². The summed E-state index contributed by atoms with van der Waals surface area (Å²) in [5.41, 5.74) is 0.368. The van der Waals surface area contributed by atoms with Crippen molar-refractivity contribution in [3.8, 4) is 0 Å². The number of benzene rings is 2. The zero-order valence-electron chi connectivity index (χ0n) is 12.0. The van der Waals surface area contributed by atoms with Gasteiger partial charge in [0.05, 0.1) is 9.95 Å². The molecule has 0 fully saturated rings. The van der Waals surface area contributed by atoms with Gasteiger partial charge in [-0.25, -0.2) is 4.39 Å². The number of nitro benzene ring substituents is 1. The highest BCUT2D eigenvalue weighted by Crippen LogP contribution is 2.24. The number of carbonyl (C=O) groups excluding carboxylic acids is 1. The molecule has 0 radical (unpaired) electrons. The summed E-state index contributed by atoms with van der Waals surface area (Å²) < 4.78 is 13.1. The minimum absolute atomic E-state index is 0.0682. The van der Waals surface area contributed by atoms with Gasteiger partial charge >= 0.3 is 0 Å². The number of nitrogens with one attached hydrogen (secondary N) is 2. The molecular weight excluding hydrogens is 325 g/mol. The third kappa shape index (κ3) is 4.17. The molecule has 2 rings (SSSR count). The molecular formula is C15H13ClFN3O3. The Morgan fingerprint density at radius 2 is 2.00 bits per heavy atom. The minimum atomic E-state index is -0.712. The van der Waals surface area contributed by atoms with Gasteiger partial charge in [-0.2, -0.15) is 0 Å². The van der Waals surface area contributed by atoms with E-state index in [1.54, 1.807) is 13.0 Å². The van der Waals surface area contributed by atoms with Crippen LogP contribution in [0, 0.1) is 15.9 Å². The Balaban J connectivity index is 2.08. The number of halogens is 2. The first kappa shape index (κ1) is 16.7. The van der Waals surface area contributed by atoms with Crippen molar-refractivity contribution in [2.45, 2.75) is 13.0 Å². The molecule has 23 heavy (non-hydrogen) atoms. The largest absolute Gasteiger partial charge is 0.374 e. The third-order valence-corrected chi connectivity index (χ3v) is 3.34. The van der Waals surface area contributed by atoms with Crippen molar-refractivity contribution in [2.24, 2.45) is 0 Å². The lowest BCUT2D eigenvalue weighted by molar-refractivity contribution is -0.383. The minimum Gasteiger partial charge on any atom is -0.374 e.